The maximum absolute atomic E-state index is 3.61. The first-order valence-corrected chi connectivity index (χ1v) is 6.61. The molecule has 1 fully saturated rings. The average molecular weight is 217 g/mol. The summed E-state index contributed by atoms with van der Waals surface area (Å²) in [5.41, 5.74) is 1.44. The van der Waals surface area contributed by atoms with Gasteiger partial charge in [-0.15, -0.1) is 0 Å². The molecular formula is C15H23N. The van der Waals surface area contributed by atoms with E-state index >= 15 is 0 Å². The molecule has 2 atom stereocenters. The van der Waals surface area contributed by atoms with E-state index in [1.54, 1.807) is 0 Å². The quantitative estimate of drug-likeness (QED) is 0.747. The van der Waals surface area contributed by atoms with E-state index in [1.165, 1.54) is 31.4 Å². The van der Waals surface area contributed by atoms with E-state index in [9.17, 15) is 0 Å². The Kier molecular flexibility index (Phi) is 4.41. The minimum Gasteiger partial charge on any atom is -0.316 e. The molecule has 0 bridgehead atoms. The average Bonchev–Trinajstić information content (AvgIpc) is 2.72. The topological polar surface area (TPSA) is 12.0 Å². The first-order valence-electron chi connectivity index (χ1n) is 6.61. The molecule has 1 heteroatoms. The zero-order valence-corrected chi connectivity index (χ0v) is 10.3. The van der Waals surface area contributed by atoms with Gasteiger partial charge in [0.15, 0.2) is 0 Å². The van der Waals surface area contributed by atoms with Gasteiger partial charge in [-0.05, 0) is 43.3 Å². The Morgan fingerprint density at radius 2 is 2.00 bits per heavy atom. The van der Waals surface area contributed by atoms with Crippen LogP contribution in [0.5, 0.6) is 0 Å². The van der Waals surface area contributed by atoms with Gasteiger partial charge in [-0.3, -0.25) is 0 Å². The van der Waals surface area contributed by atoms with Crippen LogP contribution in [0.1, 0.15) is 31.7 Å². The standard InChI is InChI=1S/C15H23N/c1-13-6-5-9-15(13)12-16-11-10-14-7-3-2-4-8-14/h2-4,7-8,13,15-16H,5-6,9-12H2,1H3. The van der Waals surface area contributed by atoms with Crippen LogP contribution in [-0.2, 0) is 6.42 Å². The van der Waals surface area contributed by atoms with E-state index in [1.807, 2.05) is 0 Å². The Labute approximate surface area is 99.3 Å². The highest BCUT2D eigenvalue weighted by Gasteiger charge is 2.22. The normalized spacial score (nSPS) is 24.8. The highest BCUT2D eigenvalue weighted by molar-refractivity contribution is 5.14. The van der Waals surface area contributed by atoms with Gasteiger partial charge >= 0.3 is 0 Å². The third-order valence-corrected chi connectivity index (χ3v) is 3.88. The Morgan fingerprint density at radius 3 is 2.69 bits per heavy atom. The van der Waals surface area contributed by atoms with Gasteiger partial charge in [-0.25, -0.2) is 0 Å². The van der Waals surface area contributed by atoms with Gasteiger partial charge in [0.1, 0.15) is 0 Å². The number of benzene rings is 1. The van der Waals surface area contributed by atoms with Crippen LogP contribution in [0, 0.1) is 11.8 Å². The summed E-state index contributed by atoms with van der Waals surface area (Å²) in [7, 11) is 0. The molecule has 88 valence electrons. The van der Waals surface area contributed by atoms with Crippen molar-refractivity contribution in [3.8, 4) is 0 Å². The van der Waals surface area contributed by atoms with Gasteiger partial charge in [0.25, 0.3) is 0 Å². The molecule has 1 saturated carbocycles. The van der Waals surface area contributed by atoms with Crippen LogP contribution in [-0.4, -0.2) is 13.1 Å². The van der Waals surface area contributed by atoms with Crippen LogP contribution in [0.4, 0.5) is 0 Å². The minimum atomic E-state index is 0.927. The van der Waals surface area contributed by atoms with E-state index < -0.39 is 0 Å². The zero-order chi connectivity index (χ0) is 11.2. The van der Waals surface area contributed by atoms with Crippen molar-refractivity contribution in [1.82, 2.24) is 5.32 Å². The fourth-order valence-electron chi connectivity index (χ4n) is 2.69. The first-order chi connectivity index (χ1) is 7.86. The van der Waals surface area contributed by atoms with Crippen molar-refractivity contribution in [2.24, 2.45) is 11.8 Å². The van der Waals surface area contributed by atoms with Gasteiger partial charge in [0.2, 0.25) is 0 Å². The van der Waals surface area contributed by atoms with Crippen LogP contribution < -0.4 is 5.32 Å². The number of hydrogen-bond acceptors (Lipinski definition) is 1. The summed E-state index contributed by atoms with van der Waals surface area (Å²) in [6, 6.07) is 10.7. The van der Waals surface area contributed by atoms with Gasteiger partial charge in [-0.2, -0.15) is 0 Å². The molecule has 16 heavy (non-hydrogen) atoms. The van der Waals surface area contributed by atoms with Gasteiger partial charge < -0.3 is 5.32 Å². The molecule has 0 amide bonds. The second-order valence-electron chi connectivity index (χ2n) is 5.11. The van der Waals surface area contributed by atoms with Crippen molar-refractivity contribution in [2.75, 3.05) is 13.1 Å². The summed E-state index contributed by atoms with van der Waals surface area (Å²) in [5, 5.41) is 3.61. The van der Waals surface area contributed by atoms with Crippen LogP contribution in [0.15, 0.2) is 30.3 Å². The van der Waals surface area contributed by atoms with Crippen molar-refractivity contribution < 1.29 is 0 Å². The van der Waals surface area contributed by atoms with Crippen molar-refractivity contribution >= 4 is 0 Å². The maximum atomic E-state index is 3.61. The third-order valence-electron chi connectivity index (χ3n) is 3.88. The van der Waals surface area contributed by atoms with Crippen LogP contribution >= 0.6 is 0 Å². The molecule has 0 spiro atoms. The molecule has 2 unspecified atom stereocenters. The molecule has 0 saturated heterocycles. The second kappa shape index (κ2) is 6.05. The molecule has 0 radical (unpaired) electrons. The van der Waals surface area contributed by atoms with Crippen LogP contribution in [0.25, 0.3) is 0 Å². The molecular weight excluding hydrogens is 194 g/mol. The molecule has 1 nitrogen and oxygen atoms in total. The van der Waals surface area contributed by atoms with E-state index in [-0.39, 0.29) is 0 Å². The largest absolute Gasteiger partial charge is 0.316 e. The van der Waals surface area contributed by atoms with Crippen molar-refractivity contribution in [3.63, 3.8) is 0 Å². The van der Waals surface area contributed by atoms with E-state index in [0.717, 1.165) is 24.8 Å². The predicted octanol–water partition coefficient (Wildman–Crippen LogP) is 3.25. The molecule has 1 aromatic carbocycles. The zero-order valence-electron chi connectivity index (χ0n) is 10.3. The van der Waals surface area contributed by atoms with Gasteiger partial charge in [0.05, 0.1) is 0 Å². The van der Waals surface area contributed by atoms with Gasteiger partial charge in [0, 0.05) is 0 Å². The molecule has 1 N–H and O–H groups in total. The van der Waals surface area contributed by atoms with Crippen molar-refractivity contribution in [1.29, 1.82) is 0 Å². The lowest BCUT2D eigenvalue weighted by Crippen LogP contribution is -2.26. The lowest BCUT2D eigenvalue weighted by Gasteiger charge is -2.15. The molecule has 0 aliphatic heterocycles. The maximum Gasteiger partial charge on any atom is -0.000823 e. The SMILES string of the molecule is CC1CCCC1CNCCc1ccccc1. The second-order valence-corrected chi connectivity index (χ2v) is 5.11. The van der Waals surface area contributed by atoms with Crippen molar-refractivity contribution in [2.45, 2.75) is 32.6 Å². The number of rotatable bonds is 5. The van der Waals surface area contributed by atoms with Crippen LogP contribution in [0.2, 0.25) is 0 Å². The highest BCUT2D eigenvalue weighted by Crippen LogP contribution is 2.30. The molecule has 0 heterocycles. The highest BCUT2D eigenvalue weighted by atomic mass is 14.9. The van der Waals surface area contributed by atoms with E-state index in [2.05, 4.69) is 42.6 Å². The van der Waals surface area contributed by atoms with Crippen LogP contribution in [0.3, 0.4) is 0 Å². The first kappa shape index (κ1) is 11.7. The summed E-state index contributed by atoms with van der Waals surface area (Å²) >= 11 is 0. The summed E-state index contributed by atoms with van der Waals surface area (Å²) in [6.45, 7) is 4.73. The Morgan fingerprint density at radius 1 is 1.19 bits per heavy atom. The Balaban J connectivity index is 1.62. The summed E-state index contributed by atoms with van der Waals surface area (Å²) < 4.78 is 0. The smallest absolute Gasteiger partial charge is 0.000823 e. The van der Waals surface area contributed by atoms with Crippen molar-refractivity contribution in [3.05, 3.63) is 35.9 Å². The molecule has 1 aliphatic rings. The fourth-order valence-corrected chi connectivity index (χ4v) is 2.69. The monoisotopic (exact) mass is 217 g/mol. The molecule has 0 aromatic heterocycles. The summed E-state index contributed by atoms with van der Waals surface area (Å²) in [4.78, 5) is 0. The summed E-state index contributed by atoms with van der Waals surface area (Å²) in [5.74, 6) is 1.86. The Bertz CT molecular complexity index is 294. The third kappa shape index (κ3) is 3.34. The molecule has 2 rings (SSSR count). The fraction of sp³-hybridized carbons (Fsp3) is 0.600. The minimum absolute atomic E-state index is 0.927. The Hall–Kier alpha value is -0.820. The summed E-state index contributed by atoms with van der Waals surface area (Å²) in [6.07, 6.45) is 5.46. The number of hydrogen-bond donors (Lipinski definition) is 1. The van der Waals surface area contributed by atoms with E-state index in [0.29, 0.717) is 0 Å². The number of nitrogens with one attached hydrogen (secondary N) is 1. The predicted molar refractivity (Wildman–Crippen MR) is 69.5 cm³/mol. The lowest BCUT2D eigenvalue weighted by atomic mass is 9.98. The lowest BCUT2D eigenvalue weighted by molar-refractivity contribution is 0.394. The molecule has 1 aromatic rings. The van der Waals surface area contributed by atoms with Gasteiger partial charge in [-0.1, -0.05) is 50.1 Å². The molecule has 1 aliphatic carbocycles. The van der Waals surface area contributed by atoms with E-state index in [4.69, 9.17) is 0 Å².